The number of carbonyl (C=O) groups is 1. The average Bonchev–Trinajstić information content (AvgIpc) is 3.61. The van der Waals surface area contributed by atoms with Crippen LogP contribution in [0.2, 0.25) is 0 Å². The van der Waals surface area contributed by atoms with Crippen LogP contribution in [0.1, 0.15) is 43.1 Å². The molecule has 0 radical (unpaired) electrons. The summed E-state index contributed by atoms with van der Waals surface area (Å²) in [6, 6.07) is 16.1. The number of aromatic amines is 1. The fourth-order valence-electron chi connectivity index (χ4n) is 4.30. The van der Waals surface area contributed by atoms with Gasteiger partial charge in [0.05, 0.1) is 24.0 Å². The molecule has 5 rings (SSSR count). The van der Waals surface area contributed by atoms with Crippen LogP contribution in [0.25, 0.3) is 11.3 Å². The van der Waals surface area contributed by atoms with E-state index in [-0.39, 0.29) is 11.9 Å². The monoisotopic (exact) mass is 431 g/mol. The number of rotatable bonds is 7. The van der Waals surface area contributed by atoms with Crippen molar-refractivity contribution in [2.45, 2.75) is 44.4 Å². The van der Waals surface area contributed by atoms with Crippen LogP contribution in [-0.4, -0.2) is 35.0 Å². The second kappa shape index (κ2) is 9.54. The van der Waals surface area contributed by atoms with Gasteiger partial charge in [-0.25, -0.2) is 4.98 Å². The first-order chi connectivity index (χ1) is 15.7. The Balaban J connectivity index is 1.13. The molecule has 1 aromatic heterocycles. The van der Waals surface area contributed by atoms with Crippen molar-refractivity contribution in [2.75, 3.05) is 18.4 Å². The maximum absolute atomic E-state index is 12.2. The molecule has 4 N–H and O–H groups in total. The highest BCUT2D eigenvalue weighted by molar-refractivity contribution is 5.95. The smallest absolute Gasteiger partial charge is 0.241 e. The molecule has 0 aliphatic carbocycles. The van der Waals surface area contributed by atoms with E-state index in [4.69, 9.17) is 4.74 Å². The Hall–Kier alpha value is -3.16. The minimum atomic E-state index is -0.0753. The fraction of sp³-hybridized carbons (Fsp3) is 0.360. The van der Waals surface area contributed by atoms with Gasteiger partial charge in [-0.05, 0) is 86.3 Å². The summed E-state index contributed by atoms with van der Waals surface area (Å²) in [5.74, 6) is 1.86. The Morgan fingerprint density at radius 2 is 1.78 bits per heavy atom. The molecule has 2 aromatic carbocycles. The van der Waals surface area contributed by atoms with Crippen LogP contribution in [-0.2, 0) is 11.4 Å². The Morgan fingerprint density at radius 3 is 2.50 bits per heavy atom. The fourth-order valence-corrected chi connectivity index (χ4v) is 4.30. The van der Waals surface area contributed by atoms with Gasteiger partial charge in [0.15, 0.2) is 0 Å². The number of amides is 1. The second-order valence-electron chi connectivity index (χ2n) is 8.48. The van der Waals surface area contributed by atoms with E-state index < -0.39 is 0 Å². The minimum absolute atomic E-state index is 0.0375. The van der Waals surface area contributed by atoms with Crippen molar-refractivity contribution in [3.05, 3.63) is 66.1 Å². The molecule has 2 saturated heterocycles. The number of aromatic nitrogens is 2. The number of imidazole rings is 1. The molecule has 7 nitrogen and oxygen atoms in total. The molecule has 2 fully saturated rings. The van der Waals surface area contributed by atoms with Crippen LogP contribution < -0.4 is 20.7 Å². The van der Waals surface area contributed by atoms with Gasteiger partial charge in [-0.2, -0.15) is 0 Å². The van der Waals surface area contributed by atoms with Gasteiger partial charge >= 0.3 is 0 Å². The first-order valence-corrected chi connectivity index (χ1v) is 11.4. The van der Waals surface area contributed by atoms with Gasteiger partial charge in [-0.1, -0.05) is 12.1 Å². The van der Waals surface area contributed by atoms with E-state index >= 15 is 0 Å². The molecule has 1 amide bonds. The van der Waals surface area contributed by atoms with E-state index in [1.165, 1.54) is 6.42 Å². The van der Waals surface area contributed by atoms with Crippen molar-refractivity contribution in [1.82, 2.24) is 20.6 Å². The molecule has 3 aromatic rings. The highest BCUT2D eigenvalue weighted by Crippen LogP contribution is 2.25. The quantitative estimate of drug-likeness (QED) is 0.457. The molecule has 7 heteroatoms. The number of hydrogen-bond acceptors (Lipinski definition) is 5. The molecular formula is C25H29N5O2. The number of nitrogens with one attached hydrogen (secondary N) is 4. The third kappa shape index (κ3) is 4.84. The normalized spacial score (nSPS) is 20.4. The SMILES string of the molecule is O=C(Nc1ccc(COc2ccc(-c3cnc(C4CCCN4)[nH]3)cc2)cc1)C1CCCN1. The van der Waals surface area contributed by atoms with Gasteiger partial charge in [0.1, 0.15) is 18.2 Å². The molecule has 2 unspecified atom stereocenters. The number of H-pyrrole nitrogens is 1. The summed E-state index contributed by atoms with van der Waals surface area (Å²) >= 11 is 0. The Bertz CT molecular complexity index is 1030. The number of carbonyl (C=O) groups excluding carboxylic acids is 1. The van der Waals surface area contributed by atoms with Crippen molar-refractivity contribution in [3.8, 4) is 17.0 Å². The third-order valence-corrected chi connectivity index (χ3v) is 6.15. The minimum Gasteiger partial charge on any atom is -0.489 e. The van der Waals surface area contributed by atoms with E-state index in [2.05, 4.69) is 25.9 Å². The maximum atomic E-state index is 12.2. The van der Waals surface area contributed by atoms with Crippen molar-refractivity contribution in [1.29, 1.82) is 0 Å². The molecule has 166 valence electrons. The van der Waals surface area contributed by atoms with Gasteiger partial charge in [0.25, 0.3) is 0 Å². The topological polar surface area (TPSA) is 91.1 Å². The van der Waals surface area contributed by atoms with Gasteiger partial charge < -0.3 is 25.7 Å². The largest absolute Gasteiger partial charge is 0.489 e. The van der Waals surface area contributed by atoms with Crippen molar-refractivity contribution < 1.29 is 9.53 Å². The van der Waals surface area contributed by atoms with Gasteiger partial charge in [-0.15, -0.1) is 0 Å². The summed E-state index contributed by atoms with van der Waals surface area (Å²) in [5, 5.41) is 9.65. The molecule has 0 saturated carbocycles. The summed E-state index contributed by atoms with van der Waals surface area (Å²) < 4.78 is 5.94. The van der Waals surface area contributed by atoms with E-state index in [1.807, 2.05) is 54.7 Å². The number of ether oxygens (including phenoxy) is 1. The standard InChI is InChI=1S/C25H29N5O2/c31-25(22-4-2-14-27-22)29-19-9-5-17(6-10-19)16-32-20-11-7-18(8-12-20)23-15-28-24(30-23)21-3-1-13-26-21/h5-12,15,21-22,26-27H,1-4,13-14,16H2,(H,28,30)(H,29,31). The summed E-state index contributed by atoms with van der Waals surface area (Å²) in [4.78, 5) is 20.2. The summed E-state index contributed by atoms with van der Waals surface area (Å²) in [6.45, 7) is 2.44. The van der Waals surface area contributed by atoms with E-state index in [9.17, 15) is 4.79 Å². The first kappa shape index (κ1) is 20.7. The predicted molar refractivity (Wildman–Crippen MR) is 124 cm³/mol. The third-order valence-electron chi connectivity index (χ3n) is 6.15. The number of anilines is 1. The van der Waals surface area contributed by atoms with Gasteiger partial charge in [-0.3, -0.25) is 4.79 Å². The lowest BCUT2D eigenvalue weighted by atomic mass is 10.1. The molecular weight excluding hydrogens is 402 g/mol. The molecule has 0 bridgehead atoms. The number of benzene rings is 2. The Kier molecular flexibility index (Phi) is 6.18. The van der Waals surface area contributed by atoms with Crippen molar-refractivity contribution in [3.63, 3.8) is 0 Å². The van der Waals surface area contributed by atoms with Crippen LogP contribution in [0.4, 0.5) is 5.69 Å². The van der Waals surface area contributed by atoms with Crippen LogP contribution >= 0.6 is 0 Å². The summed E-state index contributed by atoms with van der Waals surface area (Å²) in [7, 11) is 0. The van der Waals surface area contributed by atoms with Crippen molar-refractivity contribution >= 4 is 11.6 Å². The average molecular weight is 432 g/mol. The first-order valence-electron chi connectivity index (χ1n) is 11.4. The van der Waals surface area contributed by atoms with Crippen LogP contribution in [0.3, 0.4) is 0 Å². The molecule has 2 aliphatic rings. The van der Waals surface area contributed by atoms with E-state index in [0.717, 1.165) is 66.4 Å². The molecule has 2 aliphatic heterocycles. The van der Waals surface area contributed by atoms with Crippen LogP contribution in [0.15, 0.2) is 54.7 Å². The Labute approximate surface area is 188 Å². The molecule has 3 heterocycles. The second-order valence-corrected chi connectivity index (χ2v) is 8.48. The lowest BCUT2D eigenvalue weighted by Crippen LogP contribution is -2.35. The molecule has 2 atom stereocenters. The number of hydrogen-bond donors (Lipinski definition) is 4. The van der Waals surface area contributed by atoms with Gasteiger partial charge in [0.2, 0.25) is 5.91 Å². The lowest BCUT2D eigenvalue weighted by Gasteiger charge is -2.12. The molecule has 32 heavy (non-hydrogen) atoms. The summed E-state index contributed by atoms with van der Waals surface area (Å²) in [6.07, 6.45) is 6.17. The zero-order chi connectivity index (χ0) is 21.8. The lowest BCUT2D eigenvalue weighted by molar-refractivity contribution is -0.117. The number of nitrogens with zero attached hydrogens (tertiary/aromatic N) is 1. The van der Waals surface area contributed by atoms with Crippen molar-refractivity contribution in [2.24, 2.45) is 0 Å². The summed E-state index contributed by atoms with van der Waals surface area (Å²) in [5.41, 5.74) is 3.97. The van der Waals surface area contributed by atoms with E-state index in [1.54, 1.807) is 0 Å². The predicted octanol–water partition coefficient (Wildman–Crippen LogP) is 3.77. The highest BCUT2D eigenvalue weighted by Gasteiger charge is 2.22. The zero-order valence-corrected chi connectivity index (χ0v) is 18.1. The van der Waals surface area contributed by atoms with Crippen LogP contribution in [0.5, 0.6) is 5.75 Å². The van der Waals surface area contributed by atoms with Gasteiger partial charge in [0, 0.05) is 5.69 Å². The van der Waals surface area contributed by atoms with Crippen LogP contribution in [0, 0.1) is 0 Å². The van der Waals surface area contributed by atoms with E-state index in [0.29, 0.717) is 12.6 Å². The Morgan fingerprint density at radius 1 is 1.00 bits per heavy atom. The molecule has 0 spiro atoms. The maximum Gasteiger partial charge on any atom is 0.241 e. The highest BCUT2D eigenvalue weighted by atomic mass is 16.5. The zero-order valence-electron chi connectivity index (χ0n) is 18.1.